The van der Waals surface area contributed by atoms with Crippen molar-refractivity contribution in [3.05, 3.63) is 35.4 Å². The molecule has 0 aliphatic rings. The van der Waals surface area contributed by atoms with Gasteiger partial charge in [0.05, 0.1) is 11.1 Å². The Balaban J connectivity index is 2.59. The van der Waals surface area contributed by atoms with Crippen LogP contribution in [0.4, 0.5) is 0 Å². The van der Waals surface area contributed by atoms with Crippen molar-refractivity contribution in [2.24, 2.45) is 0 Å². The summed E-state index contributed by atoms with van der Waals surface area (Å²) in [6, 6.07) is 5.94. The van der Waals surface area contributed by atoms with E-state index in [1.54, 1.807) is 19.1 Å². The van der Waals surface area contributed by atoms with Crippen LogP contribution in [0.1, 0.15) is 34.1 Å². The fraction of sp³-hybridized carbons (Fsp3) is 0.308. The Morgan fingerprint density at radius 1 is 1.11 bits per heavy atom. The maximum atomic E-state index is 11.8. The second-order valence-corrected chi connectivity index (χ2v) is 3.81. The van der Waals surface area contributed by atoms with Crippen LogP contribution in [0.3, 0.4) is 0 Å². The van der Waals surface area contributed by atoms with Gasteiger partial charge in [-0.25, -0.2) is 4.79 Å². The molecular formula is C13H16N2O4. The van der Waals surface area contributed by atoms with Crippen LogP contribution >= 0.6 is 0 Å². The number of hydrogen-bond acceptors (Lipinski definition) is 3. The number of carbonyl (C=O) groups is 3. The highest BCUT2D eigenvalue weighted by Crippen LogP contribution is 2.08. The molecule has 0 saturated heterocycles. The number of carboxylic acid groups (broad SMARTS) is 1. The Hall–Kier alpha value is -2.37. The van der Waals surface area contributed by atoms with E-state index in [0.29, 0.717) is 6.54 Å². The SMILES string of the molecule is CCNC(=O)CCNC(=O)c1ccccc1C(=O)O. The Bertz CT molecular complexity index is 485. The number of rotatable bonds is 6. The summed E-state index contributed by atoms with van der Waals surface area (Å²) in [4.78, 5) is 33.9. The van der Waals surface area contributed by atoms with E-state index in [9.17, 15) is 14.4 Å². The summed E-state index contributed by atoms with van der Waals surface area (Å²) < 4.78 is 0. The zero-order chi connectivity index (χ0) is 14.3. The first-order valence-electron chi connectivity index (χ1n) is 5.93. The number of carbonyl (C=O) groups excluding carboxylic acids is 2. The molecule has 0 unspecified atom stereocenters. The van der Waals surface area contributed by atoms with Crippen molar-refractivity contribution >= 4 is 17.8 Å². The van der Waals surface area contributed by atoms with Crippen molar-refractivity contribution in [1.82, 2.24) is 10.6 Å². The minimum Gasteiger partial charge on any atom is -0.478 e. The molecule has 0 fully saturated rings. The van der Waals surface area contributed by atoms with Crippen molar-refractivity contribution < 1.29 is 19.5 Å². The molecule has 19 heavy (non-hydrogen) atoms. The molecule has 0 atom stereocenters. The lowest BCUT2D eigenvalue weighted by atomic mass is 10.1. The highest BCUT2D eigenvalue weighted by Gasteiger charge is 2.15. The summed E-state index contributed by atoms with van der Waals surface area (Å²) in [5.74, 6) is -1.81. The van der Waals surface area contributed by atoms with Crippen LogP contribution in [0, 0.1) is 0 Å². The first-order valence-corrected chi connectivity index (χ1v) is 5.93. The molecule has 0 heterocycles. The monoisotopic (exact) mass is 264 g/mol. The molecule has 1 aromatic rings. The zero-order valence-electron chi connectivity index (χ0n) is 10.6. The average molecular weight is 264 g/mol. The van der Waals surface area contributed by atoms with E-state index >= 15 is 0 Å². The molecule has 0 aromatic heterocycles. The van der Waals surface area contributed by atoms with Gasteiger partial charge in [-0.15, -0.1) is 0 Å². The molecular weight excluding hydrogens is 248 g/mol. The minimum absolute atomic E-state index is 0.0574. The minimum atomic E-state index is -1.16. The smallest absolute Gasteiger partial charge is 0.336 e. The molecule has 1 aromatic carbocycles. The van der Waals surface area contributed by atoms with Crippen LogP contribution in [-0.4, -0.2) is 36.0 Å². The largest absolute Gasteiger partial charge is 0.478 e. The molecule has 0 aliphatic heterocycles. The number of aromatic carboxylic acids is 1. The molecule has 3 N–H and O–H groups in total. The standard InChI is InChI=1S/C13H16N2O4/c1-2-14-11(16)7-8-15-12(17)9-5-3-4-6-10(9)13(18)19/h3-6H,2,7-8H2,1H3,(H,14,16)(H,15,17)(H,18,19). The first kappa shape index (κ1) is 14.7. The van der Waals surface area contributed by atoms with Gasteiger partial charge < -0.3 is 15.7 Å². The van der Waals surface area contributed by atoms with Gasteiger partial charge in [-0.3, -0.25) is 9.59 Å². The predicted molar refractivity (Wildman–Crippen MR) is 69.0 cm³/mol. The summed E-state index contributed by atoms with van der Waals surface area (Å²) in [7, 11) is 0. The van der Waals surface area contributed by atoms with E-state index in [4.69, 9.17) is 5.11 Å². The summed E-state index contributed by atoms with van der Waals surface area (Å²) in [6.45, 7) is 2.51. The van der Waals surface area contributed by atoms with Gasteiger partial charge in [0, 0.05) is 19.5 Å². The molecule has 2 amide bonds. The van der Waals surface area contributed by atoms with E-state index in [1.807, 2.05) is 0 Å². The van der Waals surface area contributed by atoms with Crippen molar-refractivity contribution in [3.63, 3.8) is 0 Å². The maximum absolute atomic E-state index is 11.8. The van der Waals surface area contributed by atoms with E-state index in [1.165, 1.54) is 12.1 Å². The summed E-state index contributed by atoms with van der Waals surface area (Å²) in [6.07, 6.45) is 0.162. The molecule has 0 spiro atoms. The van der Waals surface area contributed by atoms with Gasteiger partial charge in [0.1, 0.15) is 0 Å². The Morgan fingerprint density at radius 3 is 2.32 bits per heavy atom. The second kappa shape index (κ2) is 7.15. The molecule has 0 radical (unpaired) electrons. The molecule has 102 valence electrons. The number of amides is 2. The quantitative estimate of drug-likeness (QED) is 0.702. The number of nitrogens with one attached hydrogen (secondary N) is 2. The summed E-state index contributed by atoms with van der Waals surface area (Å²) in [5.41, 5.74) is 0.0314. The van der Waals surface area contributed by atoms with E-state index in [-0.39, 0.29) is 30.0 Å². The van der Waals surface area contributed by atoms with Crippen LogP contribution in [-0.2, 0) is 4.79 Å². The normalized spacial score (nSPS) is 9.74. The highest BCUT2D eigenvalue weighted by molar-refractivity contribution is 6.04. The third-order valence-electron chi connectivity index (χ3n) is 2.41. The van der Waals surface area contributed by atoms with Crippen LogP contribution in [0.15, 0.2) is 24.3 Å². The third kappa shape index (κ3) is 4.42. The van der Waals surface area contributed by atoms with E-state index < -0.39 is 11.9 Å². The number of hydrogen-bond donors (Lipinski definition) is 3. The Morgan fingerprint density at radius 2 is 1.74 bits per heavy atom. The topological polar surface area (TPSA) is 95.5 Å². The van der Waals surface area contributed by atoms with Crippen molar-refractivity contribution in [3.8, 4) is 0 Å². The molecule has 0 aliphatic carbocycles. The lowest BCUT2D eigenvalue weighted by Crippen LogP contribution is -2.31. The lowest BCUT2D eigenvalue weighted by Gasteiger charge is -2.07. The van der Waals surface area contributed by atoms with Crippen LogP contribution in [0.5, 0.6) is 0 Å². The van der Waals surface area contributed by atoms with Gasteiger partial charge in [-0.05, 0) is 19.1 Å². The third-order valence-corrected chi connectivity index (χ3v) is 2.41. The number of carboxylic acids is 1. The molecule has 0 bridgehead atoms. The van der Waals surface area contributed by atoms with E-state index in [2.05, 4.69) is 10.6 Å². The molecule has 1 rings (SSSR count). The number of benzene rings is 1. The van der Waals surface area contributed by atoms with Gasteiger partial charge in [-0.2, -0.15) is 0 Å². The van der Waals surface area contributed by atoms with Gasteiger partial charge in [0.2, 0.25) is 5.91 Å². The van der Waals surface area contributed by atoms with Crippen molar-refractivity contribution in [1.29, 1.82) is 0 Å². The fourth-order valence-electron chi connectivity index (χ4n) is 1.54. The van der Waals surface area contributed by atoms with Gasteiger partial charge in [0.25, 0.3) is 5.91 Å². The Labute approximate surface area is 110 Å². The average Bonchev–Trinajstić information content (AvgIpc) is 2.38. The first-order chi connectivity index (χ1) is 9.06. The fourth-order valence-corrected chi connectivity index (χ4v) is 1.54. The van der Waals surface area contributed by atoms with Crippen molar-refractivity contribution in [2.75, 3.05) is 13.1 Å². The van der Waals surface area contributed by atoms with Crippen LogP contribution < -0.4 is 10.6 Å². The maximum Gasteiger partial charge on any atom is 0.336 e. The molecule has 6 heteroatoms. The summed E-state index contributed by atoms with van der Waals surface area (Å²) >= 11 is 0. The molecule has 0 saturated carbocycles. The second-order valence-electron chi connectivity index (χ2n) is 3.81. The van der Waals surface area contributed by atoms with Crippen molar-refractivity contribution in [2.45, 2.75) is 13.3 Å². The van der Waals surface area contributed by atoms with E-state index in [0.717, 1.165) is 0 Å². The Kier molecular flexibility index (Phi) is 5.53. The van der Waals surface area contributed by atoms with Crippen LogP contribution in [0.2, 0.25) is 0 Å². The van der Waals surface area contributed by atoms with Gasteiger partial charge in [-0.1, -0.05) is 12.1 Å². The predicted octanol–water partition coefficient (Wildman–Crippen LogP) is 0.641. The zero-order valence-corrected chi connectivity index (χ0v) is 10.6. The van der Waals surface area contributed by atoms with Gasteiger partial charge in [0.15, 0.2) is 0 Å². The summed E-state index contributed by atoms with van der Waals surface area (Å²) in [5, 5.41) is 14.1. The van der Waals surface area contributed by atoms with Gasteiger partial charge >= 0.3 is 5.97 Å². The highest BCUT2D eigenvalue weighted by atomic mass is 16.4. The molecule has 6 nitrogen and oxygen atoms in total. The van der Waals surface area contributed by atoms with Crippen LogP contribution in [0.25, 0.3) is 0 Å². The lowest BCUT2D eigenvalue weighted by molar-refractivity contribution is -0.120.